The normalized spacial score (nSPS) is 15.5. The summed E-state index contributed by atoms with van der Waals surface area (Å²) in [6.07, 6.45) is 0. The third-order valence-electron chi connectivity index (χ3n) is 5.26. The first-order valence-corrected chi connectivity index (χ1v) is 9.61. The number of aromatic amines is 1. The van der Waals surface area contributed by atoms with Crippen LogP contribution in [0.15, 0.2) is 30.3 Å². The van der Waals surface area contributed by atoms with Gasteiger partial charge in [0, 0.05) is 22.7 Å². The molecule has 30 heavy (non-hydrogen) atoms. The van der Waals surface area contributed by atoms with E-state index in [1.165, 1.54) is 18.1 Å². The molecule has 0 saturated heterocycles. The number of hydrogen-bond donors (Lipinski definition) is 4. The van der Waals surface area contributed by atoms with Crippen LogP contribution in [0.2, 0.25) is 5.02 Å². The Balaban J connectivity index is 1.94. The number of aliphatic hydroxyl groups is 1. The Labute approximate surface area is 177 Å². The average molecular weight is 430 g/mol. The average Bonchev–Trinajstić information content (AvgIpc) is 3.25. The number of rotatable bonds is 5. The van der Waals surface area contributed by atoms with Crippen molar-refractivity contribution in [2.75, 3.05) is 20.3 Å². The number of β-amino-alcohol motifs (C(OH)–C–C–N with tert-alkyl or cyclic N) is 1. The number of amides is 1. The lowest BCUT2D eigenvalue weighted by Gasteiger charge is -2.26. The molecule has 0 bridgehead atoms. The van der Waals surface area contributed by atoms with Crippen molar-refractivity contribution in [2.45, 2.75) is 13.0 Å². The van der Waals surface area contributed by atoms with Crippen molar-refractivity contribution >= 4 is 17.5 Å². The van der Waals surface area contributed by atoms with E-state index in [9.17, 15) is 20.1 Å². The monoisotopic (exact) mass is 429 g/mol. The van der Waals surface area contributed by atoms with Crippen LogP contribution in [0.3, 0.4) is 0 Å². The summed E-state index contributed by atoms with van der Waals surface area (Å²) in [5, 5.41) is 37.5. The first-order chi connectivity index (χ1) is 14.4. The lowest BCUT2D eigenvalue weighted by Crippen LogP contribution is -2.32. The molecule has 0 radical (unpaired) electrons. The van der Waals surface area contributed by atoms with E-state index in [1.807, 2.05) is 0 Å². The number of H-pyrrole nitrogens is 1. The van der Waals surface area contributed by atoms with E-state index in [0.717, 1.165) is 0 Å². The van der Waals surface area contributed by atoms with Gasteiger partial charge in [-0.3, -0.25) is 9.89 Å². The highest BCUT2D eigenvalue weighted by atomic mass is 35.5. The van der Waals surface area contributed by atoms with Crippen molar-refractivity contribution in [1.82, 2.24) is 15.1 Å². The van der Waals surface area contributed by atoms with Crippen molar-refractivity contribution < 1.29 is 24.9 Å². The number of aromatic hydroxyl groups is 2. The number of methoxy groups -OCH3 is 1. The van der Waals surface area contributed by atoms with Gasteiger partial charge < -0.3 is 25.0 Å². The number of carbonyl (C=O) groups excluding carboxylic acids is 1. The van der Waals surface area contributed by atoms with Gasteiger partial charge in [0.15, 0.2) is 11.5 Å². The van der Waals surface area contributed by atoms with Gasteiger partial charge in [0.1, 0.15) is 17.1 Å². The molecule has 4 N–H and O–H groups in total. The number of aromatic nitrogens is 2. The first kappa shape index (κ1) is 20.1. The molecule has 1 aliphatic rings. The van der Waals surface area contributed by atoms with E-state index >= 15 is 0 Å². The molecule has 1 aliphatic heterocycles. The van der Waals surface area contributed by atoms with Crippen molar-refractivity contribution in [3.05, 3.63) is 57.7 Å². The van der Waals surface area contributed by atoms with Gasteiger partial charge in [-0.2, -0.15) is 5.10 Å². The summed E-state index contributed by atoms with van der Waals surface area (Å²) in [5.74, 6) is -0.118. The predicted octanol–water partition coefficient (Wildman–Crippen LogP) is 3.00. The maximum Gasteiger partial charge on any atom is 0.273 e. The van der Waals surface area contributed by atoms with E-state index in [1.54, 1.807) is 31.2 Å². The fraction of sp³-hybridized carbons (Fsp3) is 0.238. The standard InChI is InChI=1S/C21H20ClN3O5/c1-10-7-15(28)12(9-13(10)22)18-17-19(24-23-18)21(29)25(5-6-26)20(17)11-3-4-14(27)16(8-11)30-2/h3-4,7-9,20,26-28H,5-6H2,1-2H3,(H,23,24)/t20-/m1/s1. The molecule has 2 aromatic carbocycles. The molecule has 4 rings (SSSR count). The summed E-state index contributed by atoms with van der Waals surface area (Å²) in [5.41, 5.74) is 2.96. The van der Waals surface area contributed by atoms with Crippen LogP contribution in [0.25, 0.3) is 11.3 Å². The number of phenolic OH excluding ortho intramolecular Hbond substituents is 2. The van der Waals surface area contributed by atoms with Crippen LogP contribution in [0.1, 0.15) is 33.2 Å². The number of hydrogen-bond acceptors (Lipinski definition) is 6. The van der Waals surface area contributed by atoms with Crippen molar-refractivity contribution in [3.63, 3.8) is 0 Å². The number of nitrogens with zero attached hydrogens (tertiary/aromatic N) is 2. The van der Waals surface area contributed by atoms with E-state index in [0.29, 0.717) is 33.0 Å². The summed E-state index contributed by atoms with van der Waals surface area (Å²) in [7, 11) is 1.44. The fourth-order valence-corrected chi connectivity index (χ4v) is 3.97. The quantitative estimate of drug-likeness (QED) is 0.495. The molecule has 0 unspecified atom stereocenters. The molecule has 0 fully saturated rings. The molecule has 3 aromatic rings. The number of benzene rings is 2. The minimum Gasteiger partial charge on any atom is -0.507 e. The van der Waals surface area contributed by atoms with Gasteiger partial charge in [-0.25, -0.2) is 0 Å². The summed E-state index contributed by atoms with van der Waals surface area (Å²) in [4.78, 5) is 14.5. The summed E-state index contributed by atoms with van der Waals surface area (Å²) < 4.78 is 5.22. The third-order valence-corrected chi connectivity index (χ3v) is 5.66. The molecular weight excluding hydrogens is 410 g/mol. The molecule has 1 amide bonds. The van der Waals surface area contributed by atoms with E-state index < -0.39 is 6.04 Å². The Bertz CT molecular complexity index is 1140. The van der Waals surface area contributed by atoms with Crippen LogP contribution in [-0.2, 0) is 0 Å². The minimum atomic E-state index is -0.609. The number of ether oxygens (including phenoxy) is 1. The molecule has 0 aliphatic carbocycles. The topological polar surface area (TPSA) is 119 Å². The van der Waals surface area contributed by atoms with Crippen LogP contribution in [0.4, 0.5) is 0 Å². The molecule has 2 heterocycles. The largest absolute Gasteiger partial charge is 0.507 e. The van der Waals surface area contributed by atoms with Gasteiger partial charge in [0.2, 0.25) is 0 Å². The van der Waals surface area contributed by atoms with Gasteiger partial charge in [-0.15, -0.1) is 0 Å². The minimum absolute atomic E-state index is 0.0127. The predicted molar refractivity (Wildman–Crippen MR) is 110 cm³/mol. The molecule has 1 atom stereocenters. The molecule has 156 valence electrons. The number of aliphatic hydroxyl groups excluding tert-OH is 1. The zero-order valence-corrected chi connectivity index (χ0v) is 17.1. The Kier molecular flexibility index (Phi) is 5.05. The Morgan fingerprint density at radius 2 is 2.00 bits per heavy atom. The SMILES string of the molecule is COc1cc([C@@H]2c3c(-c4cc(Cl)c(C)cc4O)n[nH]c3C(=O)N2CCO)ccc1O. The summed E-state index contributed by atoms with van der Waals surface area (Å²) >= 11 is 6.27. The number of halogens is 1. The van der Waals surface area contributed by atoms with Gasteiger partial charge in [0.25, 0.3) is 5.91 Å². The molecule has 0 saturated carbocycles. The molecular formula is C21H20ClN3O5. The van der Waals surface area contributed by atoms with Crippen molar-refractivity contribution in [3.8, 4) is 28.5 Å². The second-order valence-corrected chi connectivity index (χ2v) is 7.44. The van der Waals surface area contributed by atoms with Crippen LogP contribution in [-0.4, -0.2) is 56.6 Å². The Morgan fingerprint density at radius 3 is 2.70 bits per heavy atom. The number of phenols is 2. The van der Waals surface area contributed by atoms with Crippen molar-refractivity contribution in [2.24, 2.45) is 0 Å². The van der Waals surface area contributed by atoms with E-state index in [4.69, 9.17) is 16.3 Å². The smallest absolute Gasteiger partial charge is 0.273 e. The third kappa shape index (κ3) is 3.05. The van der Waals surface area contributed by atoms with E-state index in [-0.39, 0.29) is 42.0 Å². The molecule has 9 heteroatoms. The Morgan fingerprint density at radius 1 is 1.23 bits per heavy atom. The first-order valence-electron chi connectivity index (χ1n) is 9.23. The highest BCUT2D eigenvalue weighted by Gasteiger charge is 2.42. The van der Waals surface area contributed by atoms with Crippen LogP contribution in [0, 0.1) is 6.92 Å². The molecule has 1 aromatic heterocycles. The number of fused-ring (bicyclic) bond motifs is 1. The van der Waals surface area contributed by atoms with E-state index in [2.05, 4.69) is 10.2 Å². The molecule has 0 spiro atoms. The highest BCUT2D eigenvalue weighted by molar-refractivity contribution is 6.31. The van der Waals surface area contributed by atoms with Gasteiger partial charge in [0.05, 0.1) is 19.8 Å². The number of aryl methyl sites for hydroxylation is 1. The Hall–Kier alpha value is -3.23. The van der Waals surface area contributed by atoms with Crippen LogP contribution >= 0.6 is 11.6 Å². The zero-order chi connectivity index (χ0) is 21.6. The van der Waals surface area contributed by atoms with Crippen LogP contribution < -0.4 is 4.74 Å². The second-order valence-electron chi connectivity index (χ2n) is 7.04. The second kappa shape index (κ2) is 7.55. The van der Waals surface area contributed by atoms with Crippen molar-refractivity contribution in [1.29, 1.82) is 0 Å². The van der Waals surface area contributed by atoms with Gasteiger partial charge >= 0.3 is 0 Å². The lowest BCUT2D eigenvalue weighted by molar-refractivity contribution is 0.0706. The van der Waals surface area contributed by atoms with Crippen LogP contribution in [0.5, 0.6) is 17.2 Å². The highest BCUT2D eigenvalue weighted by Crippen LogP contribution is 2.46. The number of nitrogens with one attached hydrogen (secondary N) is 1. The maximum atomic E-state index is 13.0. The summed E-state index contributed by atoms with van der Waals surface area (Å²) in [6, 6.07) is 7.32. The summed E-state index contributed by atoms with van der Waals surface area (Å²) in [6.45, 7) is 1.64. The van der Waals surface area contributed by atoms with Gasteiger partial charge in [-0.1, -0.05) is 17.7 Å². The lowest BCUT2D eigenvalue weighted by atomic mass is 9.95. The molecule has 8 nitrogen and oxygen atoms in total. The maximum absolute atomic E-state index is 13.0. The fourth-order valence-electron chi connectivity index (χ4n) is 3.81. The number of carbonyl (C=O) groups is 1. The van der Waals surface area contributed by atoms with Gasteiger partial charge in [-0.05, 0) is 42.3 Å². The zero-order valence-electron chi connectivity index (χ0n) is 16.3.